The molecular formula is C21H28F2N2O5. The second-order valence-electron chi connectivity index (χ2n) is 7.79. The monoisotopic (exact) mass is 426 g/mol. The molecule has 1 aromatic rings. The van der Waals surface area contributed by atoms with Gasteiger partial charge < -0.3 is 24.8 Å². The minimum Gasteiger partial charge on any atom is -0.389 e. The van der Waals surface area contributed by atoms with Crippen LogP contribution in [0.2, 0.25) is 0 Å². The maximum Gasteiger partial charge on any atom is 0.222 e. The molecule has 0 radical (unpaired) electrons. The fourth-order valence-electron chi connectivity index (χ4n) is 4.02. The van der Waals surface area contributed by atoms with Crippen LogP contribution < -0.4 is 5.32 Å². The number of nitrogens with zero attached hydrogens (tertiary/aromatic N) is 1. The van der Waals surface area contributed by atoms with E-state index in [0.717, 1.165) is 6.07 Å². The average Bonchev–Trinajstić information content (AvgIpc) is 2.68. The van der Waals surface area contributed by atoms with Gasteiger partial charge in [0.05, 0.1) is 37.9 Å². The molecule has 4 atom stereocenters. The van der Waals surface area contributed by atoms with Crippen LogP contribution in [0.25, 0.3) is 0 Å². The quantitative estimate of drug-likeness (QED) is 0.746. The van der Waals surface area contributed by atoms with Crippen LogP contribution in [-0.2, 0) is 25.6 Å². The molecule has 2 aliphatic heterocycles. The molecule has 0 spiro atoms. The Labute approximate surface area is 174 Å². The van der Waals surface area contributed by atoms with Crippen LogP contribution in [0.1, 0.15) is 38.2 Å². The van der Waals surface area contributed by atoms with Crippen molar-refractivity contribution in [2.75, 3.05) is 19.8 Å². The largest absolute Gasteiger partial charge is 0.389 e. The summed E-state index contributed by atoms with van der Waals surface area (Å²) >= 11 is 0. The molecule has 3 rings (SSSR count). The van der Waals surface area contributed by atoms with Crippen molar-refractivity contribution in [1.82, 2.24) is 10.2 Å². The van der Waals surface area contributed by atoms with Gasteiger partial charge in [-0.15, -0.1) is 0 Å². The summed E-state index contributed by atoms with van der Waals surface area (Å²) in [4.78, 5) is 26.3. The molecule has 30 heavy (non-hydrogen) atoms. The van der Waals surface area contributed by atoms with Crippen molar-refractivity contribution < 1.29 is 33.0 Å². The van der Waals surface area contributed by atoms with Gasteiger partial charge in [-0.2, -0.15) is 0 Å². The van der Waals surface area contributed by atoms with Gasteiger partial charge in [0, 0.05) is 25.6 Å². The fourth-order valence-corrected chi connectivity index (χ4v) is 4.02. The number of benzene rings is 1. The van der Waals surface area contributed by atoms with Crippen molar-refractivity contribution in [3.63, 3.8) is 0 Å². The standard InChI is InChI=1S/C21H28F2N2O5/c1-2-21(28)25-10-16(26)11-29-12-19-18(25)4-3-17(30-19)8-20(27)24-9-13-5-14(22)7-15(23)6-13/h5-7,16-19,26H,2-4,8-12H2,1H3,(H,24,27)/t16-,17+,18+,19-/m0/s1. The summed E-state index contributed by atoms with van der Waals surface area (Å²) in [5, 5.41) is 12.7. The number of hydrogen-bond acceptors (Lipinski definition) is 5. The number of hydrogen-bond donors (Lipinski definition) is 2. The molecule has 0 saturated carbocycles. The molecule has 2 fully saturated rings. The van der Waals surface area contributed by atoms with Crippen molar-refractivity contribution in [3.8, 4) is 0 Å². The summed E-state index contributed by atoms with van der Waals surface area (Å²) in [7, 11) is 0. The zero-order valence-electron chi connectivity index (χ0n) is 17.0. The predicted octanol–water partition coefficient (Wildman–Crippen LogP) is 1.52. The van der Waals surface area contributed by atoms with Crippen molar-refractivity contribution in [3.05, 3.63) is 35.4 Å². The zero-order chi connectivity index (χ0) is 21.7. The summed E-state index contributed by atoms with van der Waals surface area (Å²) in [5.74, 6) is -1.72. The smallest absolute Gasteiger partial charge is 0.222 e. The van der Waals surface area contributed by atoms with E-state index in [0.29, 0.717) is 24.8 Å². The first-order valence-corrected chi connectivity index (χ1v) is 10.3. The minimum atomic E-state index is -0.738. The lowest BCUT2D eigenvalue weighted by atomic mass is 9.94. The van der Waals surface area contributed by atoms with E-state index in [2.05, 4.69) is 5.32 Å². The van der Waals surface area contributed by atoms with E-state index < -0.39 is 17.7 Å². The molecule has 0 bridgehead atoms. The number of amides is 2. The van der Waals surface area contributed by atoms with Crippen molar-refractivity contribution >= 4 is 11.8 Å². The van der Waals surface area contributed by atoms with Crippen LogP contribution >= 0.6 is 0 Å². The van der Waals surface area contributed by atoms with Gasteiger partial charge in [-0.3, -0.25) is 9.59 Å². The normalized spacial score (nSPS) is 27.0. The second kappa shape index (κ2) is 10.3. The summed E-state index contributed by atoms with van der Waals surface area (Å²) in [6.45, 7) is 2.35. The van der Waals surface area contributed by atoms with E-state index in [1.54, 1.807) is 11.8 Å². The Hall–Kier alpha value is -2.10. The Bertz CT molecular complexity index is 743. The van der Waals surface area contributed by atoms with Gasteiger partial charge in [0.25, 0.3) is 0 Å². The SMILES string of the molecule is CCC(=O)N1C[C@H](O)COC[C@@H]2O[C@@H](CC(=O)NCc3cc(F)cc(F)c3)CC[C@H]21. The van der Waals surface area contributed by atoms with Crippen LogP contribution in [0, 0.1) is 11.6 Å². The Balaban J connectivity index is 1.55. The number of β-amino-alcohol motifs (C(OH)–C–C–N with tert-alkyl or cyclic N) is 1. The first-order valence-electron chi connectivity index (χ1n) is 10.3. The molecule has 7 nitrogen and oxygen atoms in total. The molecule has 0 unspecified atom stereocenters. The van der Waals surface area contributed by atoms with Gasteiger partial charge >= 0.3 is 0 Å². The van der Waals surface area contributed by atoms with Gasteiger partial charge in [0.2, 0.25) is 11.8 Å². The predicted molar refractivity (Wildman–Crippen MR) is 103 cm³/mol. The average molecular weight is 426 g/mol. The highest BCUT2D eigenvalue weighted by molar-refractivity contribution is 5.77. The summed E-state index contributed by atoms with van der Waals surface area (Å²) in [6.07, 6.45) is 0.192. The molecule has 2 N–H and O–H groups in total. The third-order valence-corrected chi connectivity index (χ3v) is 5.43. The summed E-state index contributed by atoms with van der Waals surface area (Å²) < 4.78 is 38.1. The van der Waals surface area contributed by atoms with E-state index in [4.69, 9.17) is 9.47 Å². The van der Waals surface area contributed by atoms with Gasteiger partial charge in [-0.1, -0.05) is 6.92 Å². The maximum atomic E-state index is 13.3. The van der Waals surface area contributed by atoms with Gasteiger partial charge in [0.15, 0.2) is 0 Å². The van der Waals surface area contributed by atoms with Crippen molar-refractivity contribution in [2.45, 2.75) is 63.5 Å². The highest BCUT2D eigenvalue weighted by Crippen LogP contribution is 2.28. The second-order valence-corrected chi connectivity index (χ2v) is 7.79. The lowest BCUT2D eigenvalue weighted by Crippen LogP contribution is -2.57. The number of aliphatic hydroxyl groups is 1. The molecule has 9 heteroatoms. The Morgan fingerprint density at radius 3 is 2.63 bits per heavy atom. The number of nitrogens with one attached hydrogen (secondary N) is 1. The van der Waals surface area contributed by atoms with E-state index in [9.17, 15) is 23.5 Å². The molecule has 1 aromatic carbocycles. The number of carbonyl (C=O) groups is 2. The first kappa shape index (κ1) is 22.6. The van der Waals surface area contributed by atoms with E-state index in [1.165, 1.54) is 12.1 Å². The summed E-state index contributed by atoms with van der Waals surface area (Å²) in [5.41, 5.74) is 0.339. The van der Waals surface area contributed by atoms with Gasteiger partial charge in [-0.05, 0) is 30.5 Å². The van der Waals surface area contributed by atoms with Crippen LogP contribution in [-0.4, -0.2) is 65.9 Å². The molecule has 2 saturated heterocycles. The third-order valence-electron chi connectivity index (χ3n) is 5.43. The number of halogens is 2. The van der Waals surface area contributed by atoms with Gasteiger partial charge in [0.1, 0.15) is 17.7 Å². The van der Waals surface area contributed by atoms with Crippen molar-refractivity contribution in [1.29, 1.82) is 0 Å². The molecule has 2 heterocycles. The Morgan fingerprint density at radius 2 is 1.93 bits per heavy atom. The topological polar surface area (TPSA) is 88.1 Å². The lowest BCUT2D eigenvalue weighted by Gasteiger charge is -2.44. The number of rotatable bonds is 5. The van der Waals surface area contributed by atoms with Crippen LogP contribution in [0.5, 0.6) is 0 Å². The van der Waals surface area contributed by atoms with E-state index in [-0.39, 0.29) is 62.8 Å². The highest BCUT2D eigenvalue weighted by atomic mass is 19.1. The van der Waals surface area contributed by atoms with Crippen LogP contribution in [0.4, 0.5) is 8.78 Å². The molecule has 2 amide bonds. The van der Waals surface area contributed by atoms with Crippen LogP contribution in [0.3, 0.4) is 0 Å². The van der Waals surface area contributed by atoms with E-state index in [1.807, 2.05) is 0 Å². The Morgan fingerprint density at radius 1 is 1.20 bits per heavy atom. The van der Waals surface area contributed by atoms with Gasteiger partial charge in [-0.25, -0.2) is 8.78 Å². The molecule has 166 valence electrons. The van der Waals surface area contributed by atoms with Crippen LogP contribution in [0.15, 0.2) is 18.2 Å². The number of ether oxygens (including phenoxy) is 2. The lowest BCUT2D eigenvalue weighted by molar-refractivity contribution is -0.169. The fraction of sp³-hybridized carbons (Fsp3) is 0.619. The molecule has 0 aliphatic carbocycles. The minimum absolute atomic E-state index is 0.0199. The molecule has 2 aliphatic rings. The molecular weight excluding hydrogens is 398 g/mol. The third kappa shape index (κ3) is 5.96. The highest BCUT2D eigenvalue weighted by Gasteiger charge is 2.39. The number of fused-ring (bicyclic) bond motifs is 1. The Kier molecular flexibility index (Phi) is 7.74. The zero-order valence-corrected chi connectivity index (χ0v) is 17.0. The maximum absolute atomic E-state index is 13.3. The first-order chi connectivity index (χ1) is 14.4. The summed E-state index contributed by atoms with van der Waals surface area (Å²) in [6, 6.07) is 2.91. The van der Waals surface area contributed by atoms with E-state index >= 15 is 0 Å². The molecule has 0 aromatic heterocycles. The van der Waals surface area contributed by atoms with Crippen molar-refractivity contribution in [2.24, 2.45) is 0 Å². The number of carbonyl (C=O) groups excluding carboxylic acids is 2. The number of aliphatic hydroxyl groups excluding tert-OH is 1.